The van der Waals surface area contributed by atoms with Gasteiger partial charge in [-0.1, -0.05) is 5.92 Å². The van der Waals surface area contributed by atoms with E-state index in [0.29, 0.717) is 12.3 Å². The van der Waals surface area contributed by atoms with Gasteiger partial charge in [-0.05, 0) is 31.9 Å². The summed E-state index contributed by atoms with van der Waals surface area (Å²) in [7, 11) is 0. The van der Waals surface area contributed by atoms with Gasteiger partial charge in [0.15, 0.2) is 0 Å². The lowest BCUT2D eigenvalue weighted by Gasteiger charge is -1.94. The molecule has 0 bridgehead atoms. The van der Waals surface area contributed by atoms with E-state index in [1.165, 1.54) is 0 Å². The molecule has 0 atom stereocenters. The van der Waals surface area contributed by atoms with Crippen LogP contribution >= 0.6 is 0 Å². The van der Waals surface area contributed by atoms with E-state index >= 15 is 0 Å². The van der Waals surface area contributed by atoms with Gasteiger partial charge in [-0.2, -0.15) is 5.10 Å². The molecule has 4 heteroatoms. The number of carbonyl (C=O) groups is 1. The summed E-state index contributed by atoms with van der Waals surface area (Å²) < 4.78 is 4.72. The summed E-state index contributed by atoms with van der Waals surface area (Å²) in [4.78, 5) is 10.9. The molecule has 0 unspecified atom stereocenters. The van der Waals surface area contributed by atoms with Gasteiger partial charge in [-0.3, -0.25) is 4.79 Å². The third-order valence-corrected chi connectivity index (χ3v) is 1.55. The molecular formula is C11H12N2O2. The normalized spacial score (nSPS) is 8.93. The second kappa shape index (κ2) is 5.76. The van der Waals surface area contributed by atoms with E-state index in [1.54, 1.807) is 13.0 Å². The first-order valence-corrected chi connectivity index (χ1v) is 4.67. The Labute approximate surface area is 88.7 Å². The van der Waals surface area contributed by atoms with E-state index < -0.39 is 0 Å². The van der Waals surface area contributed by atoms with Crippen molar-refractivity contribution in [2.45, 2.75) is 20.3 Å². The summed E-state index contributed by atoms with van der Waals surface area (Å²) in [6.07, 6.45) is 0.0867. The fourth-order valence-electron chi connectivity index (χ4n) is 0.885. The molecule has 0 aromatic carbocycles. The molecule has 0 saturated carbocycles. The van der Waals surface area contributed by atoms with Crippen LogP contribution in [-0.2, 0) is 9.53 Å². The van der Waals surface area contributed by atoms with Gasteiger partial charge in [0.2, 0.25) is 0 Å². The van der Waals surface area contributed by atoms with Gasteiger partial charge < -0.3 is 4.74 Å². The minimum atomic E-state index is -0.315. The van der Waals surface area contributed by atoms with Gasteiger partial charge in [-0.15, -0.1) is 5.10 Å². The summed E-state index contributed by atoms with van der Waals surface area (Å²) >= 11 is 0. The van der Waals surface area contributed by atoms with Crippen LogP contribution in [0.25, 0.3) is 0 Å². The first-order chi connectivity index (χ1) is 7.22. The zero-order chi connectivity index (χ0) is 11.1. The number of ether oxygens (including phenoxy) is 1. The van der Waals surface area contributed by atoms with Crippen molar-refractivity contribution in [2.75, 3.05) is 6.61 Å². The van der Waals surface area contributed by atoms with Crippen LogP contribution in [0, 0.1) is 18.8 Å². The molecule has 15 heavy (non-hydrogen) atoms. The van der Waals surface area contributed by atoms with Crippen molar-refractivity contribution in [2.24, 2.45) is 0 Å². The van der Waals surface area contributed by atoms with E-state index in [-0.39, 0.29) is 12.4 Å². The van der Waals surface area contributed by atoms with Gasteiger partial charge in [0.1, 0.15) is 12.1 Å². The first kappa shape index (κ1) is 11.2. The number of carbonyl (C=O) groups excluding carboxylic acids is 1. The third kappa shape index (κ3) is 4.23. The topological polar surface area (TPSA) is 52.1 Å². The molecule has 0 radical (unpaired) electrons. The molecule has 1 rings (SSSR count). The smallest absolute Gasteiger partial charge is 0.317 e. The number of rotatable bonds is 2. The van der Waals surface area contributed by atoms with E-state index in [2.05, 4.69) is 22.0 Å². The summed E-state index contributed by atoms with van der Waals surface area (Å²) in [5, 5.41) is 7.69. The van der Waals surface area contributed by atoms with Crippen LogP contribution in [0.3, 0.4) is 0 Å². The fraction of sp³-hybridized carbons (Fsp3) is 0.364. The molecule has 0 aliphatic heterocycles. The second-order valence-corrected chi connectivity index (χ2v) is 2.84. The molecule has 0 N–H and O–H groups in total. The molecule has 4 nitrogen and oxygen atoms in total. The number of aryl methyl sites for hydroxylation is 1. The molecule has 0 spiro atoms. The third-order valence-electron chi connectivity index (χ3n) is 1.55. The molecule has 1 aromatic heterocycles. The maximum Gasteiger partial charge on any atom is 0.317 e. The van der Waals surface area contributed by atoms with Crippen molar-refractivity contribution in [1.82, 2.24) is 10.2 Å². The van der Waals surface area contributed by atoms with E-state index in [4.69, 9.17) is 4.74 Å². The van der Waals surface area contributed by atoms with Crippen molar-refractivity contribution >= 4 is 5.97 Å². The SMILES string of the molecule is CCOC(=O)CC#Cc1ccc(C)nn1. The Morgan fingerprint density at radius 2 is 2.27 bits per heavy atom. The quantitative estimate of drug-likeness (QED) is 0.534. The Balaban J connectivity index is 2.51. The predicted octanol–water partition coefficient (Wildman–Crippen LogP) is 1.09. The Kier molecular flexibility index (Phi) is 4.30. The average Bonchev–Trinajstić information content (AvgIpc) is 2.21. The summed E-state index contributed by atoms with van der Waals surface area (Å²) in [5.41, 5.74) is 1.40. The minimum Gasteiger partial charge on any atom is -0.465 e. The summed E-state index contributed by atoms with van der Waals surface area (Å²) in [6, 6.07) is 3.59. The summed E-state index contributed by atoms with van der Waals surface area (Å²) in [5.74, 6) is 5.10. The van der Waals surface area contributed by atoms with Gasteiger partial charge in [0.05, 0.1) is 12.3 Å². The Morgan fingerprint density at radius 3 is 2.87 bits per heavy atom. The zero-order valence-corrected chi connectivity index (χ0v) is 8.78. The van der Waals surface area contributed by atoms with Crippen molar-refractivity contribution in [3.63, 3.8) is 0 Å². The molecule has 0 fully saturated rings. The standard InChI is InChI=1S/C11H12N2O2/c1-3-15-11(14)6-4-5-10-8-7-9(2)12-13-10/h7-8H,3,6H2,1-2H3. The van der Waals surface area contributed by atoms with E-state index in [0.717, 1.165) is 5.69 Å². The largest absolute Gasteiger partial charge is 0.465 e. The molecule has 1 aromatic rings. The lowest BCUT2D eigenvalue weighted by Crippen LogP contribution is -2.01. The zero-order valence-electron chi connectivity index (χ0n) is 8.78. The van der Waals surface area contributed by atoms with Crippen LogP contribution in [-0.4, -0.2) is 22.8 Å². The van der Waals surface area contributed by atoms with Crippen molar-refractivity contribution in [3.05, 3.63) is 23.5 Å². The van der Waals surface area contributed by atoms with Crippen molar-refractivity contribution in [3.8, 4) is 11.8 Å². The Bertz CT molecular complexity index is 387. The van der Waals surface area contributed by atoms with Gasteiger partial charge >= 0.3 is 5.97 Å². The summed E-state index contributed by atoms with van der Waals surface area (Å²) in [6.45, 7) is 3.99. The van der Waals surface area contributed by atoms with E-state index in [9.17, 15) is 4.79 Å². The molecule has 78 valence electrons. The maximum atomic E-state index is 10.9. The number of esters is 1. The number of aromatic nitrogens is 2. The molecule has 0 saturated heterocycles. The van der Waals surface area contributed by atoms with E-state index in [1.807, 2.05) is 13.0 Å². The molecular weight excluding hydrogens is 192 g/mol. The average molecular weight is 204 g/mol. The van der Waals surface area contributed by atoms with Crippen molar-refractivity contribution < 1.29 is 9.53 Å². The lowest BCUT2D eigenvalue weighted by atomic mass is 10.3. The molecule has 0 aliphatic rings. The highest BCUT2D eigenvalue weighted by Gasteiger charge is 1.96. The molecule has 0 amide bonds. The van der Waals surface area contributed by atoms with Crippen LogP contribution in [0.5, 0.6) is 0 Å². The Hall–Kier alpha value is -1.89. The first-order valence-electron chi connectivity index (χ1n) is 4.67. The van der Waals surface area contributed by atoms with Crippen LogP contribution in [0.2, 0.25) is 0 Å². The number of hydrogen-bond acceptors (Lipinski definition) is 4. The lowest BCUT2D eigenvalue weighted by molar-refractivity contribution is -0.141. The fourth-order valence-corrected chi connectivity index (χ4v) is 0.885. The monoisotopic (exact) mass is 204 g/mol. The Morgan fingerprint density at radius 1 is 1.47 bits per heavy atom. The predicted molar refractivity (Wildman–Crippen MR) is 54.9 cm³/mol. The second-order valence-electron chi connectivity index (χ2n) is 2.84. The number of nitrogens with zero attached hydrogens (tertiary/aromatic N) is 2. The highest BCUT2D eigenvalue weighted by atomic mass is 16.5. The van der Waals surface area contributed by atoms with Crippen LogP contribution in [0.15, 0.2) is 12.1 Å². The molecule has 0 aliphatic carbocycles. The van der Waals surface area contributed by atoms with Gasteiger partial charge in [0.25, 0.3) is 0 Å². The van der Waals surface area contributed by atoms with Crippen LogP contribution in [0.1, 0.15) is 24.7 Å². The van der Waals surface area contributed by atoms with Crippen molar-refractivity contribution in [1.29, 1.82) is 0 Å². The molecule has 1 heterocycles. The minimum absolute atomic E-state index is 0.0867. The highest BCUT2D eigenvalue weighted by molar-refractivity contribution is 5.72. The van der Waals surface area contributed by atoms with Gasteiger partial charge in [0, 0.05) is 0 Å². The van der Waals surface area contributed by atoms with Gasteiger partial charge in [-0.25, -0.2) is 0 Å². The van der Waals surface area contributed by atoms with Crippen LogP contribution in [0.4, 0.5) is 0 Å². The maximum absolute atomic E-state index is 10.9. The number of hydrogen-bond donors (Lipinski definition) is 0. The van der Waals surface area contributed by atoms with Crippen LogP contribution < -0.4 is 0 Å². The highest BCUT2D eigenvalue weighted by Crippen LogP contribution is 1.93.